The van der Waals surface area contributed by atoms with Gasteiger partial charge in [0.1, 0.15) is 0 Å². The van der Waals surface area contributed by atoms with Crippen LogP contribution in [-0.4, -0.2) is 38.5 Å². The Morgan fingerprint density at radius 2 is 2.10 bits per heavy atom. The van der Waals surface area contributed by atoms with E-state index in [1.807, 2.05) is 0 Å². The lowest BCUT2D eigenvalue weighted by Crippen LogP contribution is -2.50. The van der Waals surface area contributed by atoms with E-state index in [1.165, 1.54) is 32.1 Å². The van der Waals surface area contributed by atoms with Crippen molar-refractivity contribution in [2.24, 2.45) is 16.7 Å². The topological polar surface area (TPSA) is 30.5 Å². The van der Waals surface area contributed by atoms with Crippen molar-refractivity contribution in [3.05, 3.63) is 0 Å². The van der Waals surface area contributed by atoms with Gasteiger partial charge in [-0.3, -0.25) is 0 Å². The predicted molar refractivity (Wildman–Crippen MR) is 85.4 cm³/mol. The molecule has 3 aliphatic rings. The number of rotatable bonds is 7. The molecule has 3 rings (SSSR count). The number of hydrogen-bond donors (Lipinski definition) is 1. The van der Waals surface area contributed by atoms with Crippen molar-refractivity contribution in [3.8, 4) is 0 Å². The summed E-state index contributed by atoms with van der Waals surface area (Å²) >= 11 is 0. The molecule has 1 saturated heterocycles. The molecule has 1 heterocycles. The molecule has 0 aromatic carbocycles. The molecular weight excluding hydrogens is 262 g/mol. The smallest absolute Gasteiger partial charge is 0.0809 e. The van der Waals surface area contributed by atoms with Crippen molar-refractivity contribution in [1.29, 1.82) is 0 Å². The minimum atomic E-state index is 0.362. The highest BCUT2D eigenvalue weighted by molar-refractivity contribution is 5.11. The Kier molecular flexibility index (Phi) is 4.63. The van der Waals surface area contributed by atoms with Crippen molar-refractivity contribution < 1.29 is 9.47 Å². The Morgan fingerprint density at radius 3 is 2.76 bits per heavy atom. The average molecular weight is 295 g/mol. The molecule has 4 atom stereocenters. The molecule has 3 nitrogen and oxygen atoms in total. The SMILES string of the molecule is CC1(C)C(NCCCOCC2CCCO2)[C@]2(C)CC[C@H]1C2. The van der Waals surface area contributed by atoms with Crippen LogP contribution in [0.4, 0.5) is 0 Å². The lowest BCUT2D eigenvalue weighted by atomic mass is 9.68. The Labute approximate surface area is 130 Å². The lowest BCUT2D eigenvalue weighted by Gasteiger charge is -2.43. The van der Waals surface area contributed by atoms with Gasteiger partial charge in [-0.05, 0) is 61.8 Å². The average Bonchev–Trinajstić information content (AvgIpc) is 3.10. The number of nitrogens with one attached hydrogen (secondary N) is 1. The second kappa shape index (κ2) is 6.17. The van der Waals surface area contributed by atoms with Crippen molar-refractivity contribution in [1.82, 2.24) is 5.32 Å². The fraction of sp³-hybridized carbons (Fsp3) is 1.00. The molecule has 2 aliphatic carbocycles. The molecule has 0 spiro atoms. The molecule has 21 heavy (non-hydrogen) atoms. The van der Waals surface area contributed by atoms with E-state index in [0.29, 0.717) is 23.0 Å². The van der Waals surface area contributed by atoms with Crippen LogP contribution in [-0.2, 0) is 9.47 Å². The largest absolute Gasteiger partial charge is 0.379 e. The van der Waals surface area contributed by atoms with Crippen molar-refractivity contribution >= 4 is 0 Å². The van der Waals surface area contributed by atoms with Gasteiger partial charge in [-0.1, -0.05) is 20.8 Å². The highest BCUT2D eigenvalue weighted by Gasteiger charge is 2.58. The maximum absolute atomic E-state index is 5.76. The third kappa shape index (κ3) is 3.16. The molecule has 3 heteroatoms. The summed E-state index contributed by atoms with van der Waals surface area (Å²) in [6.45, 7) is 11.1. The van der Waals surface area contributed by atoms with E-state index in [1.54, 1.807) is 0 Å². The van der Waals surface area contributed by atoms with Crippen LogP contribution in [0.2, 0.25) is 0 Å². The summed E-state index contributed by atoms with van der Waals surface area (Å²) in [6, 6.07) is 0.682. The molecule has 1 aliphatic heterocycles. The molecule has 2 saturated carbocycles. The Morgan fingerprint density at radius 1 is 1.24 bits per heavy atom. The fourth-order valence-electron chi connectivity index (χ4n) is 5.22. The minimum Gasteiger partial charge on any atom is -0.379 e. The number of hydrogen-bond acceptors (Lipinski definition) is 3. The number of fused-ring (bicyclic) bond motifs is 2. The first kappa shape index (κ1) is 15.8. The van der Waals surface area contributed by atoms with Gasteiger partial charge in [0, 0.05) is 19.3 Å². The zero-order valence-corrected chi connectivity index (χ0v) is 14.1. The van der Waals surface area contributed by atoms with Crippen LogP contribution < -0.4 is 5.32 Å². The summed E-state index contributed by atoms with van der Waals surface area (Å²) in [6.07, 6.45) is 8.12. The maximum Gasteiger partial charge on any atom is 0.0809 e. The van der Waals surface area contributed by atoms with Gasteiger partial charge in [0.25, 0.3) is 0 Å². The lowest BCUT2D eigenvalue weighted by molar-refractivity contribution is 0.0156. The molecule has 2 bridgehead atoms. The van der Waals surface area contributed by atoms with Gasteiger partial charge < -0.3 is 14.8 Å². The Hall–Kier alpha value is -0.120. The molecule has 2 unspecified atom stereocenters. The van der Waals surface area contributed by atoms with Gasteiger partial charge in [0.15, 0.2) is 0 Å². The molecule has 0 aromatic heterocycles. The van der Waals surface area contributed by atoms with Gasteiger partial charge in [-0.2, -0.15) is 0 Å². The summed E-state index contributed by atoms with van der Waals surface area (Å²) < 4.78 is 11.3. The van der Waals surface area contributed by atoms with Crippen molar-refractivity contribution in [2.75, 3.05) is 26.4 Å². The van der Waals surface area contributed by atoms with E-state index < -0.39 is 0 Å². The molecule has 0 amide bonds. The second-order valence-corrected chi connectivity index (χ2v) is 8.37. The predicted octanol–water partition coefficient (Wildman–Crippen LogP) is 3.38. The van der Waals surface area contributed by atoms with Crippen LogP contribution in [0.5, 0.6) is 0 Å². The van der Waals surface area contributed by atoms with Gasteiger partial charge in [-0.15, -0.1) is 0 Å². The van der Waals surface area contributed by atoms with Gasteiger partial charge in [0.2, 0.25) is 0 Å². The van der Waals surface area contributed by atoms with Crippen LogP contribution in [0.25, 0.3) is 0 Å². The highest BCUT2D eigenvalue weighted by atomic mass is 16.5. The summed E-state index contributed by atoms with van der Waals surface area (Å²) in [5, 5.41) is 3.86. The Bertz CT molecular complexity index is 346. The fourth-order valence-corrected chi connectivity index (χ4v) is 5.22. The molecule has 3 fully saturated rings. The third-order valence-corrected chi connectivity index (χ3v) is 6.41. The minimum absolute atomic E-state index is 0.362. The van der Waals surface area contributed by atoms with Crippen LogP contribution in [0.15, 0.2) is 0 Å². The van der Waals surface area contributed by atoms with Crippen LogP contribution in [0.1, 0.15) is 59.3 Å². The van der Waals surface area contributed by atoms with Crippen LogP contribution in [0, 0.1) is 16.7 Å². The van der Waals surface area contributed by atoms with Crippen molar-refractivity contribution in [2.45, 2.75) is 71.4 Å². The summed E-state index contributed by atoms with van der Waals surface area (Å²) in [5.74, 6) is 0.927. The van der Waals surface area contributed by atoms with E-state index >= 15 is 0 Å². The normalized spacial score (nSPS) is 41.0. The second-order valence-electron chi connectivity index (χ2n) is 8.37. The van der Waals surface area contributed by atoms with E-state index in [4.69, 9.17) is 9.47 Å². The van der Waals surface area contributed by atoms with Gasteiger partial charge in [0.05, 0.1) is 12.7 Å². The van der Waals surface area contributed by atoms with Crippen molar-refractivity contribution in [3.63, 3.8) is 0 Å². The zero-order chi connectivity index (χ0) is 14.9. The summed E-state index contributed by atoms with van der Waals surface area (Å²) in [7, 11) is 0. The Balaban J connectivity index is 1.34. The number of ether oxygens (including phenoxy) is 2. The van der Waals surface area contributed by atoms with Gasteiger partial charge in [-0.25, -0.2) is 0 Å². The third-order valence-electron chi connectivity index (χ3n) is 6.41. The van der Waals surface area contributed by atoms with E-state index in [2.05, 4.69) is 26.1 Å². The van der Waals surface area contributed by atoms with E-state index in [-0.39, 0.29) is 0 Å². The van der Waals surface area contributed by atoms with Gasteiger partial charge >= 0.3 is 0 Å². The summed E-state index contributed by atoms with van der Waals surface area (Å²) in [4.78, 5) is 0. The van der Waals surface area contributed by atoms with Crippen LogP contribution >= 0.6 is 0 Å². The first-order valence-corrected chi connectivity index (χ1v) is 8.95. The monoisotopic (exact) mass is 295 g/mol. The molecule has 0 radical (unpaired) electrons. The van der Waals surface area contributed by atoms with E-state index in [0.717, 1.165) is 38.7 Å². The standard InChI is InChI=1S/C18H33NO2/c1-17(2)14-7-8-18(3,12-14)16(17)19-9-5-10-20-13-15-6-4-11-21-15/h14-16,19H,4-13H2,1-3H3/t14-,15?,16?,18+/m0/s1. The molecule has 0 aromatic rings. The van der Waals surface area contributed by atoms with Crippen LogP contribution in [0.3, 0.4) is 0 Å². The highest BCUT2D eigenvalue weighted by Crippen LogP contribution is 2.62. The molecular formula is C18H33NO2. The quantitative estimate of drug-likeness (QED) is 0.730. The maximum atomic E-state index is 5.76. The zero-order valence-electron chi connectivity index (χ0n) is 14.1. The molecule has 1 N–H and O–H groups in total. The molecule has 122 valence electrons. The summed E-state index contributed by atoms with van der Waals surface area (Å²) in [5.41, 5.74) is 0.998. The first-order chi connectivity index (χ1) is 10.0. The first-order valence-electron chi connectivity index (χ1n) is 8.95. The van der Waals surface area contributed by atoms with E-state index in [9.17, 15) is 0 Å².